The lowest BCUT2D eigenvalue weighted by atomic mass is 10.1. The van der Waals surface area contributed by atoms with Gasteiger partial charge in [0, 0.05) is 24.7 Å². The lowest BCUT2D eigenvalue weighted by Crippen LogP contribution is -2.26. The molecular weight excluding hydrogens is 280 g/mol. The van der Waals surface area contributed by atoms with Gasteiger partial charge in [0.05, 0.1) is 11.3 Å². The molecule has 1 aromatic carbocycles. The van der Waals surface area contributed by atoms with Gasteiger partial charge in [0.1, 0.15) is 0 Å². The molecule has 2 aliphatic rings. The summed E-state index contributed by atoms with van der Waals surface area (Å²) in [5, 5.41) is 12.3. The van der Waals surface area contributed by atoms with Crippen LogP contribution in [0.15, 0.2) is 18.2 Å². The van der Waals surface area contributed by atoms with Gasteiger partial charge in [0.2, 0.25) is 5.91 Å². The molecule has 2 N–H and O–H groups in total. The largest absolute Gasteiger partial charge is 0.478 e. The Bertz CT molecular complexity index is 573. The highest BCUT2D eigenvalue weighted by Gasteiger charge is 2.29. The van der Waals surface area contributed by atoms with Crippen LogP contribution in [0.25, 0.3) is 0 Å². The van der Waals surface area contributed by atoms with Gasteiger partial charge < -0.3 is 15.3 Å². The molecule has 1 saturated carbocycles. The van der Waals surface area contributed by atoms with Gasteiger partial charge >= 0.3 is 5.97 Å². The minimum atomic E-state index is -0.917. The van der Waals surface area contributed by atoms with E-state index in [0.29, 0.717) is 11.3 Å². The molecular formula is C17H22N2O3. The number of anilines is 2. The van der Waals surface area contributed by atoms with Crippen LogP contribution >= 0.6 is 0 Å². The van der Waals surface area contributed by atoms with Crippen molar-refractivity contribution in [3.63, 3.8) is 0 Å². The van der Waals surface area contributed by atoms with Crippen LogP contribution < -0.4 is 10.2 Å². The molecule has 0 radical (unpaired) electrons. The number of rotatable bonds is 4. The molecule has 1 amide bonds. The summed E-state index contributed by atoms with van der Waals surface area (Å²) in [4.78, 5) is 25.5. The predicted molar refractivity (Wildman–Crippen MR) is 85.4 cm³/mol. The average Bonchev–Trinajstić information content (AvgIpc) is 3.33. The van der Waals surface area contributed by atoms with E-state index in [9.17, 15) is 14.7 Å². The highest BCUT2D eigenvalue weighted by Crippen LogP contribution is 2.32. The first-order valence-electron chi connectivity index (χ1n) is 8.08. The van der Waals surface area contributed by atoms with E-state index in [2.05, 4.69) is 10.2 Å². The molecule has 1 heterocycles. The Balaban J connectivity index is 1.85. The molecule has 0 atom stereocenters. The number of aromatic carboxylic acids is 1. The van der Waals surface area contributed by atoms with Crippen molar-refractivity contribution < 1.29 is 14.7 Å². The van der Waals surface area contributed by atoms with E-state index in [-0.39, 0.29) is 11.8 Å². The zero-order chi connectivity index (χ0) is 15.5. The lowest BCUT2D eigenvalue weighted by Gasteiger charge is -2.25. The van der Waals surface area contributed by atoms with Crippen molar-refractivity contribution in [2.45, 2.75) is 38.5 Å². The van der Waals surface area contributed by atoms with Gasteiger partial charge in [0.15, 0.2) is 0 Å². The Kier molecular flexibility index (Phi) is 4.32. The van der Waals surface area contributed by atoms with Gasteiger partial charge in [-0.2, -0.15) is 0 Å². The summed E-state index contributed by atoms with van der Waals surface area (Å²) in [7, 11) is 0. The molecule has 1 aliphatic heterocycles. The maximum Gasteiger partial charge on any atom is 0.337 e. The molecule has 1 aliphatic carbocycles. The molecule has 0 aromatic heterocycles. The Hall–Kier alpha value is -2.04. The molecule has 1 aromatic rings. The summed E-state index contributed by atoms with van der Waals surface area (Å²) in [6.07, 6.45) is 6.46. The van der Waals surface area contributed by atoms with Crippen LogP contribution in [0.4, 0.5) is 11.4 Å². The first-order chi connectivity index (χ1) is 10.6. The van der Waals surface area contributed by atoms with Crippen molar-refractivity contribution >= 4 is 23.3 Å². The van der Waals surface area contributed by atoms with E-state index in [4.69, 9.17) is 0 Å². The number of carboxylic acid groups (broad SMARTS) is 1. The predicted octanol–water partition coefficient (Wildman–Crippen LogP) is 3.11. The van der Waals surface area contributed by atoms with E-state index in [0.717, 1.165) is 44.5 Å². The first-order valence-corrected chi connectivity index (χ1v) is 8.08. The molecule has 5 heteroatoms. The minimum absolute atomic E-state index is 0.0462. The number of carbonyl (C=O) groups is 2. The van der Waals surface area contributed by atoms with Gasteiger partial charge in [-0.3, -0.25) is 4.79 Å². The second kappa shape index (κ2) is 6.38. The summed E-state index contributed by atoms with van der Waals surface area (Å²) in [5.74, 6) is -0.731. The number of hydrogen-bond acceptors (Lipinski definition) is 3. The van der Waals surface area contributed by atoms with E-state index in [1.165, 1.54) is 12.8 Å². The molecule has 118 valence electrons. The van der Waals surface area contributed by atoms with Gasteiger partial charge in [-0.1, -0.05) is 12.8 Å². The third-order valence-corrected chi connectivity index (χ3v) is 4.39. The van der Waals surface area contributed by atoms with Crippen molar-refractivity contribution in [1.82, 2.24) is 0 Å². The van der Waals surface area contributed by atoms with Crippen molar-refractivity contribution in [1.29, 1.82) is 0 Å². The molecule has 0 unspecified atom stereocenters. The SMILES string of the molecule is O=C(O)c1ccc(NC(=O)C2CC2)cc1N1CCCCCC1. The maximum atomic E-state index is 11.9. The average molecular weight is 302 g/mol. The number of benzene rings is 1. The van der Waals surface area contributed by atoms with Crippen molar-refractivity contribution in [2.75, 3.05) is 23.3 Å². The van der Waals surface area contributed by atoms with Crippen molar-refractivity contribution in [3.8, 4) is 0 Å². The van der Waals surface area contributed by atoms with Gasteiger partial charge in [-0.25, -0.2) is 4.79 Å². The minimum Gasteiger partial charge on any atom is -0.478 e. The van der Waals surface area contributed by atoms with Gasteiger partial charge in [-0.05, 0) is 43.9 Å². The first kappa shape index (κ1) is 14.9. The standard InChI is InChI=1S/C17H22N2O3/c20-16(12-5-6-12)18-13-7-8-14(17(21)22)15(11-13)19-9-3-1-2-4-10-19/h7-8,11-12H,1-6,9-10H2,(H,18,20)(H,21,22). The van der Waals surface area contributed by atoms with E-state index in [1.54, 1.807) is 12.1 Å². The summed E-state index contributed by atoms with van der Waals surface area (Å²) >= 11 is 0. The Morgan fingerprint density at radius 3 is 2.36 bits per heavy atom. The van der Waals surface area contributed by atoms with Crippen LogP contribution in [-0.2, 0) is 4.79 Å². The van der Waals surface area contributed by atoms with Gasteiger partial charge in [-0.15, -0.1) is 0 Å². The smallest absolute Gasteiger partial charge is 0.337 e. The number of nitrogens with zero attached hydrogens (tertiary/aromatic N) is 1. The Morgan fingerprint density at radius 2 is 1.77 bits per heavy atom. The number of carbonyl (C=O) groups excluding carboxylic acids is 1. The second-order valence-electron chi connectivity index (χ2n) is 6.20. The lowest BCUT2D eigenvalue weighted by molar-refractivity contribution is -0.117. The van der Waals surface area contributed by atoms with Gasteiger partial charge in [0.25, 0.3) is 0 Å². The number of hydrogen-bond donors (Lipinski definition) is 2. The molecule has 0 bridgehead atoms. The zero-order valence-electron chi connectivity index (χ0n) is 12.7. The maximum absolute atomic E-state index is 11.9. The van der Waals surface area contributed by atoms with Crippen LogP contribution in [0, 0.1) is 5.92 Å². The second-order valence-corrected chi connectivity index (χ2v) is 6.20. The number of amides is 1. The molecule has 22 heavy (non-hydrogen) atoms. The number of nitrogens with one attached hydrogen (secondary N) is 1. The Labute approximate surface area is 130 Å². The summed E-state index contributed by atoms with van der Waals surface area (Å²) in [6, 6.07) is 5.10. The van der Waals surface area contributed by atoms with Crippen LogP contribution in [0.2, 0.25) is 0 Å². The zero-order valence-corrected chi connectivity index (χ0v) is 12.7. The van der Waals surface area contributed by atoms with Crippen molar-refractivity contribution in [3.05, 3.63) is 23.8 Å². The third kappa shape index (κ3) is 3.40. The molecule has 5 nitrogen and oxygen atoms in total. The molecule has 1 saturated heterocycles. The van der Waals surface area contributed by atoms with Crippen LogP contribution in [0.3, 0.4) is 0 Å². The molecule has 3 rings (SSSR count). The summed E-state index contributed by atoms with van der Waals surface area (Å²) < 4.78 is 0. The Morgan fingerprint density at radius 1 is 1.09 bits per heavy atom. The van der Waals surface area contributed by atoms with E-state index >= 15 is 0 Å². The summed E-state index contributed by atoms with van der Waals surface area (Å²) in [5.41, 5.74) is 1.73. The molecule has 2 fully saturated rings. The van der Waals surface area contributed by atoms with E-state index < -0.39 is 5.97 Å². The van der Waals surface area contributed by atoms with Crippen LogP contribution in [0.5, 0.6) is 0 Å². The van der Waals surface area contributed by atoms with E-state index in [1.807, 2.05) is 6.07 Å². The topological polar surface area (TPSA) is 69.6 Å². The number of carboxylic acids is 1. The fraction of sp³-hybridized carbons (Fsp3) is 0.529. The third-order valence-electron chi connectivity index (χ3n) is 4.39. The van der Waals surface area contributed by atoms with Crippen LogP contribution in [0.1, 0.15) is 48.9 Å². The van der Waals surface area contributed by atoms with Crippen LogP contribution in [-0.4, -0.2) is 30.1 Å². The fourth-order valence-electron chi connectivity index (χ4n) is 2.95. The highest BCUT2D eigenvalue weighted by molar-refractivity contribution is 5.98. The summed E-state index contributed by atoms with van der Waals surface area (Å²) in [6.45, 7) is 1.75. The molecule has 0 spiro atoms. The quantitative estimate of drug-likeness (QED) is 0.896. The monoisotopic (exact) mass is 302 g/mol. The highest BCUT2D eigenvalue weighted by atomic mass is 16.4. The fourth-order valence-corrected chi connectivity index (χ4v) is 2.95. The van der Waals surface area contributed by atoms with Crippen molar-refractivity contribution in [2.24, 2.45) is 5.92 Å². The normalized spacial score (nSPS) is 18.6.